The lowest BCUT2D eigenvalue weighted by atomic mass is 10.3. The van der Waals surface area contributed by atoms with Gasteiger partial charge >= 0.3 is 0 Å². The third kappa shape index (κ3) is 2.41. The zero-order chi connectivity index (χ0) is 13.3. The monoisotopic (exact) mass is 266 g/mol. The number of aromatic amines is 1. The molecule has 0 spiro atoms. The van der Waals surface area contributed by atoms with Gasteiger partial charge in [0.25, 0.3) is 5.56 Å². The van der Waals surface area contributed by atoms with Crippen LogP contribution in [0.25, 0.3) is 10.2 Å². The normalized spacial score (nSPS) is 12.6. The summed E-state index contributed by atoms with van der Waals surface area (Å²) >= 11 is 1.35. The van der Waals surface area contributed by atoms with E-state index in [2.05, 4.69) is 9.97 Å². The van der Waals surface area contributed by atoms with Crippen LogP contribution >= 0.6 is 11.3 Å². The Morgan fingerprint density at radius 1 is 1.67 bits per heavy atom. The van der Waals surface area contributed by atoms with Crippen LogP contribution in [0.1, 0.15) is 12.7 Å². The number of aromatic nitrogens is 2. The van der Waals surface area contributed by atoms with Crippen molar-refractivity contribution in [3.8, 4) is 0 Å². The van der Waals surface area contributed by atoms with Crippen molar-refractivity contribution in [1.82, 2.24) is 14.9 Å². The first-order valence-electron chi connectivity index (χ1n) is 5.46. The summed E-state index contributed by atoms with van der Waals surface area (Å²) in [6.45, 7) is 1.86. The number of likely N-dealkylation sites (N-methyl/N-ethyl adjacent to an activating group) is 1. The molecule has 7 heteroatoms. The van der Waals surface area contributed by atoms with Crippen molar-refractivity contribution in [1.29, 1.82) is 0 Å². The molecule has 0 aromatic carbocycles. The summed E-state index contributed by atoms with van der Waals surface area (Å²) in [6, 6.07) is 1.22. The molecule has 0 bridgehead atoms. The maximum Gasteiger partial charge on any atom is 0.268 e. The Morgan fingerprint density at radius 2 is 2.39 bits per heavy atom. The van der Waals surface area contributed by atoms with Crippen LogP contribution in [0.15, 0.2) is 16.2 Å². The summed E-state index contributed by atoms with van der Waals surface area (Å²) in [7, 11) is 1.63. The second-order valence-electron chi connectivity index (χ2n) is 4.13. The lowest BCUT2D eigenvalue weighted by Crippen LogP contribution is -2.39. The Balaban J connectivity index is 2.27. The largest absolute Gasteiger partial charge is 0.337 e. The molecule has 6 nitrogen and oxygen atoms in total. The van der Waals surface area contributed by atoms with Gasteiger partial charge in [0.15, 0.2) is 0 Å². The molecular weight excluding hydrogens is 252 g/mol. The molecule has 1 amide bonds. The number of nitrogens with one attached hydrogen (secondary N) is 1. The molecule has 0 aliphatic heterocycles. The Hall–Kier alpha value is -1.73. The molecule has 2 rings (SSSR count). The molecule has 0 radical (unpaired) electrons. The van der Waals surface area contributed by atoms with E-state index in [0.29, 0.717) is 16.0 Å². The van der Waals surface area contributed by atoms with E-state index in [-0.39, 0.29) is 18.0 Å². The van der Waals surface area contributed by atoms with E-state index in [0.717, 1.165) is 0 Å². The number of nitrogens with zero attached hydrogens (tertiary/aromatic N) is 2. The Bertz CT molecular complexity index is 631. The number of fused-ring (bicyclic) bond motifs is 1. The lowest BCUT2D eigenvalue weighted by Gasteiger charge is -2.18. The number of H-pyrrole nitrogens is 1. The minimum Gasteiger partial charge on any atom is -0.337 e. The number of amides is 1. The van der Waals surface area contributed by atoms with Crippen LogP contribution in [-0.4, -0.2) is 33.9 Å². The first-order chi connectivity index (χ1) is 8.49. The van der Waals surface area contributed by atoms with Gasteiger partial charge in [0.05, 0.1) is 18.1 Å². The van der Waals surface area contributed by atoms with E-state index in [1.165, 1.54) is 16.2 Å². The van der Waals surface area contributed by atoms with Gasteiger partial charge in [-0.3, -0.25) is 9.59 Å². The van der Waals surface area contributed by atoms with Gasteiger partial charge in [-0.25, -0.2) is 4.98 Å². The van der Waals surface area contributed by atoms with Crippen molar-refractivity contribution in [2.45, 2.75) is 19.5 Å². The summed E-state index contributed by atoms with van der Waals surface area (Å²) in [5.74, 6) is 0.269. The van der Waals surface area contributed by atoms with Crippen molar-refractivity contribution < 1.29 is 4.79 Å². The maximum atomic E-state index is 11.7. The highest BCUT2D eigenvalue weighted by Gasteiger charge is 2.15. The van der Waals surface area contributed by atoms with Crippen molar-refractivity contribution in [2.24, 2.45) is 5.73 Å². The van der Waals surface area contributed by atoms with Crippen molar-refractivity contribution in [3.63, 3.8) is 0 Å². The minimum absolute atomic E-state index is 0.174. The van der Waals surface area contributed by atoms with E-state index in [9.17, 15) is 9.59 Å². The number of carbonyl (C=O) groups excluding carboxylic acids is 1. The van der Waals surface area contributed by atoms with Crippen LogP contribution in [0.5, 0.6) is 0 Å². The summed E-state index contributed by atoms with van der Waals surface area (Å²) in [6.07, 6.45) is 0. The molecule has 0 saturated carbocycles. The lowest BCUT2D eigenvalue weighted by molar-refractivity contribution is -0.131. The van der Waals surface area contributed by atoms with Gasteiger partial charge in [-0.15, -0.1) is 11.3 Å². The number of thiophene rings is 1. The Labute approximate surface area is 107 Å². The molecule has 0 fully saturated rings. The number of rotatable bonds is 3. The summed E-state index contributed by atoms with van der Waals surface area (Å²) in [5, 5.41) is 1.81. The second kappa shape index (κ2) is 4.87. The minimum atomic E-state index is -0.563. The van der Waals surface area contributed by atoms with E-state index in [4.69, 9.17) is 5.73 Å². The average Bonchev–Trinajstić information content (AvgIpc) is 2.76. The van der Waals surface area contributed by atoms with E-state index < -0.39 is 6.04 Å². The van der Waals surface area contributed by atoms with Crippen molar-refractivity contribution >= 4 is 27.5 Å². The molecule has 2 heterocycles. The Kier molecular flexibility index (Phi) is 3.44. The Morgan fingerprint density at radius 3 is 3.06 bits per heavy atom. The first-order valence-corrected chi connectivity index (χ1v) is 6.34. The molecule has 1 atom stereocenters. The highest BCUT2D eigenvalue weighted by atomic mass is 32.1. The zero-order valence-corrected chi connectivity index (χ0v) is 11.0. The van der Waals surface area contributed by atoms with Crippen LogP contribution in [0.4, 0.5) is 0 Å². The molecular formula is C11H14N4O2S. The smallest absolute Gasteiger partial charge is 0.268 e. The van der Waals surface area contributed by atoms with Gasteiger partial charge < -0.3 is 15.6 Å². The van der Waals surface area contributed by atoms with Crippen LogP contribution in [0.3, 0.4) is 0 Å². The molecule has 0 saturated heterocycles. The molecule has 0 aliphatic carbocycles. The van der Waals surface area contributed by atoms with Gasteiger partial charge in [0.2, 0.25) is 5.91 Å². The topological polar surface area (TPSA) is 92.1 Å². The summed E-state index contributed by atoms with van der Waals surface area (Å²) in [5.41, 5.74) is 5.99. The van der Waals surface area contributed by atoms with Gasteiger partial charge in [-0.2, -0.15) is 0 Å². The fraction of sp³-hybridized carbons (Fsp3) is 0.364. The second-order valence-corrected chi connectivity index (χ2v) is 5.05. The highest BCUT2D eigenvalue weighted by Crippen LogP contribution is 2.13. The molecule has 1 unspecified atom stereocenters. The first kappa shape index (κ1) is 12.7. The molecule has 3 N–H and O–H groups in total. The van der Waals surface area contributed by atoms with E-state index in [1.54, 1.807) is 20.0 Å². The van der Waals surface area contributed by atoms with Crippen LogP contribution in [-0.2, 0) is 11.3 Å². The van der Waals surface area contributed by atoms with E-state index >= 15 is 0 Å². The van der Waals surface area contributed by atoms with Gasteiger partial charge in [-0.1, -0.05) is 0 Å². The molecule has 2 aromatic heterocycles. The fourth-order valence-electron chi connectivity index (χ4n) is 1.65. The zero-order valence-electron chi connectivity index (χ0n) is 10.1. The molecule has 18 heavy (non-hydrogen) atoms. The quantitative estimate of drug-likeness (QED) is 0.835. The number of hydrogen-bond acceptors (Lipinski definition) is 5. The van der Waals surface area contributed by atoms with Gasteiger partial charge in [0.1, 0.15) is 10.5 Å². The highest BCUT2D eigenvalue weighted by molar-refractivity contribution is 7.17. The maximum absolute atomic E-state index is 11.7. The van der Waals surface area contributed by atoms with Crippen LogP contribution < -0.4 is 11.3 Å². The number of nitrogens with two attached hydrogens (primary N) is 1. The third-order valence-corrected chi connectivity index (χ3v) is 3.42. The summed E-state index contributed by atoms with van der Waals surface area (Å²) in [4.78, 5) is 31.8. The number of carbonyl (C=O) groups is 1. The van der Waals surface area contributed by atoms with Crippen molar-refractivity contribution in [2.75, 3.05) is 7.05 Å². The predicted octanol–water partition coefficient (Wildman–Crippen LogP) is 0.290. The standard InChI is InChI=1S/C11H14N4O2S/c1-6(12)11(17)15(2)5-8-13-7-3-4-18-9(7)10(16)14-8/h3-4,6H,5,12H2,1-2H3,(H,13,14,16). The fourth-order valence-corrected chi connectivity index (χ4v) is 2.37. The van der Waals surface area contributed by atoms with Crippen LogP contribution in [0.2, 0.25) is 0 Å². The SMILES string of the molecule is CC(N)C(=O)N(C)Cc1nc2ccsc2c(=O)[nH]1. The average molecular weight is 266 g/mol. The van der Waals surface area contributed by atoms with Crippen LogP contribution in [0, 0.1) is 0 Å². The van der Waals surface area contributed by atoms with Crippen molar-refractivity contribution in [3.05, 3.63) is 27.6 Å². The predicted molar refractivity (Wildman–Crippen MR) is 70.4 cm³/mol. The van der Waals surface area contributed by atoms with Gasteiger partial charge in [0, 0.05) is 7.05 Å². The third-order valence-electron chi connectivity index (χ3n) is 2.52. The summed E-state index contributed by atoms with van der Waals surface area (Å²) < 4.78 is 0.597. The number of hydrogen-bond donors (Lipinski definition) is 2. The van der Waals surface area contributed by atoms with E-state index in [1.807, 2.05) is 5.38 Å². The van der Waals surface area contributed by atoms with Gasteiger partial charge in [-0.05, 0) is 18.4 Å². The molecule has 2 aromatic rings. The molecule has 96 valence electrons. The molecule has 0 aliphatic rings.